The Morgan fingerprint density at radius 1 is 1.19 bits per heavy atom. The van der Waals surface area contributed by atoms with Crippen LogP contribution in [-0.4, -0.2) is 14.1 Å². The lowest BCUT2D eigenvalue weighted by molar-refractivity contribution is 0.306. The van der Waals surface area contributed by atoms with Crippen LogP contribution in [0.15, 0.2) is 58.1 Å². The van der Waals surface area contributed by atoms with Crippen LogP contribution in [0.1, 0.15) is 18.3 Å². The minimum atomic E-state index is -0.120. The summed E-state index contributed by atoms with van der Waals surface area (Å²) in [6.45, 7) is 2.55. The average Bonchev–Trinajstić information content (AvgIpc) is 3.28. The van der Waals surface area contributed by atoms with E-state index in [0.717, 1.165) is 34.5 Å². The van der Waals surface area contributed by atoms with Crippen molar-refractivity contribution in [2.45, 2.75) is 20.0 Å². The standard InChI is InChI=1S/C20H19N3O2S/c1-3-19-21-17-5-4-15(10-18(17)22(19)2)23-8-6-16(11-20(23)24)25-12-14-7-9-26-13-14/h4-11,13H,3,12H2,1-2H3. The molecule has 0 saturated carbocycles. The van der Waals surface area contributed by atoms with E-state index < -0.39 is 0 Å². The van der Waals surface area contributed by atoms with Crippen molar-refractivity contribution >= 4 is 22.4 Å². The van der Waals surface area contributed by atoms with Crippen molar-refractivity contribution in [3.63, 3.8) is 0 Å². The number of imidazole rings is 1. The fraction of sp³-hybridized carbons (Fsp3) is 0.200. The highest BCUT2D eigenvalue weighted by Crippen LogP contribution is 2.20. The maximum atomic E-state index is 12.5. The molecule has 4 aromatic rings. The molecular weight excluding hydrogens is 346 g/mol. The number of hydrogen-bond acceptors (Lipinski definition) is 4. The Bertz CT molecular complexity index is 1110. The fourth-order valence-corrected chi connectivity index (χ4v) is 3.65. The zero-order valence-electron chi connectivity index (χ0n) is 14.7. The van der Waals surface area contributed by atoms with E-state index in [4.69, 9.17) is 4.74 Å². The molecule has 6 heteroatoms. The number of fused-ring (bicyclic) bond motifs is 1. The Kier molecular flexibility index (Phi) is 4.34. The SMILES string of the molecule is CCc1nc2ccc(-n3ccc(OCc4ccsc4)cc3=O)cc2n1C. The third kappa shape index (κ3) is 3.04. The minimum absolute atomic E-state index is 0.120. The van der Waals surface area contributed by atoms with Gasteiger partial charge in [-0.25, -0.2) is 4.98 Å². The lowest BCUT2D eigenvalue weighted by Crippen LogP contribution is -2.16. The molecule has 0 radical (unpaired) electrons. The number of aromatic nitrogens is 3. The van der Waals surface area contributed by atoms with E-state index in [1.165, 1.54) is 6.07 Å². The Morgan fingerprint density at radius 3 is 2.81 bits per heavy atom. The molecule has 26 heavy (non-hydrogen) atoms. The highest BCUT2D eigenvalue weighted by molar-refractivity contribution is 7.07. The summed E-state index contributed by atoms with van der Waals surface area (Å²) < 4.78 is 9.40. The number of benzene rings is 1. The monoisotopic (exact) mass is 365 g/mol. The second kappa shape index (κ2) is 6.80. The van der Waals surface area contributed by atoms with Crippen LogP contribution in [0.5, 0.6) is 5.75 Å². The number of ether oxygens (including phenoxy) is 1. The Morgan fingerprint density at radius 2 is 2.08 bits per heavy atom. The lowest BCUT2D eigenvalue weighted by Gasteiger charge is -2.09. The van der Waals surface area contributed by atoms with E-state index >= 15 is 0 Å². The number of pyridine rings is 1. The topological polar surface area (TPSA) is 49.1 Å². The fourth-order valence-electron chi connectivity index (χ4n) is 3.00. The minimum Gasteiger partial charge on any atom is -0.489 e. The van der Waals surface area contributed by atoms with Gasteiger partial charge in [0.15, 0.2) is 0 Å². The summed E-state index contributed by atoms with van der Waals surface area (Å²) in [7, 11) is 2.00. The molecule has 0 aliphatic carbocycles. The third-order valence-corrected chi connectivity index (χ3v) is 5.16. The zero-order chi connectivity index (χ0) is 18.1. The molecule has 1 aromatic carbocycles. The molecule has 0 saturated heterocycles. The molecule has 132 valence electrons. The van der Waals surface area contributed by atoms with E-state index in [9.17, 15) is 4.79 Å². The smallest absolute Gasteiger partial charge is 0.258 e. The van der Waals surface area contributed by atoms with Crippen LogP contribution in [0.25, 0.3) is 16.7 Å². The molecule has 0 amide bonds. The van der Waals surface area contributed by atoms with Gasteiger partial charge in [0.2, 0.25) is 0 Å². The zero-order valence-corrected chi connectivity index (χ0v) is 15.5. The first kappa shape index (κ1) is 16.6. The van der Waals surface area contributed by atoms with Crippen LogP contribution in [0.3, 0.4) is 0 Å². The molecule has 0 aliphatic heterocycles. The van der Waals surface area contributed by atoms with Gasteiger partial charge in [-0.3, -0.25) is 9.36 Å². The molecule has 0 N–H and O–H groups in total. The van der Waals surface area contributed by atoms with Crippen LogP contribution in [0, 0.1) is 0 Å². The summed E-state index contributed by atoms with van der Waals surface area (Å²) in [6, 6.07) is 11.2. The van der Waals surface area contributed by atoms with E-state index in [1.807, 2.05) is 48.1 Å². The predicted octanol–water partition coefficient (Wildman–Crippen LogP) is 3.93. The molecule has 0 unspecified atom stereocenters. The van der Waals surface area contributed by atoms with Gasteiger partial charge in [-0.15, -0.1) is 0 Å². The highest BCUT2D eigenvalue weighted by Gasteiger charge is 2.09. The van der Waals surface area contributed by atoms with Crippen LogP contribution >= 0.6 is 11.3 Å². The van der Waals surface area contributed by atoms with Crippen LogP contribution in [0.4, 0.5) is 0 Å². The molecular formula is C20H19N3O2S. The first-order valence-corrected chi connectivity index (χ1v) is 9.42. The average molecular weight is 365 g/mol. The summed E-state index contributed by atoms with van der Waals surface area (Å²) in [4.78, 5) is 17.2. The van der Waals surface area contributed by atoms with Crippen molar-refractivity contribution in [2.75, 3.05) is 0 Å². The van der Waals surface area contributed by atoms with Crippen LogP contribution < -0.4 is 10.3 Å². The summed E-state index contributed by atoms with van der Waals surface area (Å²) in [5.41, 5.74) is 3.76. The largest absolute Gasteiger partial charge is 0.489 e. The number of nitrogens with zero attached hydrogens (tertiary/aromatic N) is 3. The quantitative estimate of drug-likeness (QED) is 0.538. The van der Waals surface area contributed by atoms with E-state index in [-0.39, 0.29) is 5.56 Å². The maximum Gasteiger partial charge on any atom is 0.258 e. The van der Waals surface area contributed by atoms with Gasteiger partial charge < -0.3 is 9.30 Å². The van der Waals surface area contributed by atoms with Gasteiger partial charge in [-0.2, -0.15) is 11.3 Å². The molecule has 3 aromatic heterocycles. The highest BCUT2D eigenvalue weighted by atomic mass is 32.1. The molecule has 0 atom stereocenters. The normalized spacial score (nSPS) is 11.2. The third-order valence-electron chi connectivity index (χ3n) is 4.43. The molecule has 5 nitrogen and oxygen atoms in total. The van der Waals surface area contributed by atoms with Crippen molar-refractivity contribution in [2.24, 2.45) is 7.05 Å². The van der Waals surface area contributed by atoms with Gasteiger partial charge in [0, 0.05) is 25.7 Å². The van der Waals surface area contributed by atoms with Crippen molar-refractivity contribution in [3.05, 3.63) is 75.1 Å². The van der Waals surface area contributed by atoms with E-state index in [0.29, 0.717) is 12.4 Å². The van der Waals surface area contributed by atoms with Crippen LogP contribution in [0.2, 0.25) is 0 Å². The Balaban J connectivity index is 1.64. The van der Waals surface area contributed by atoms with Crippen molar-refractivity contribution in [1.82, 2.24) is 14.1 Å². The molecule has 0 aliphatic rings. The number of hydrogen-bond donors (Lipinski definition) is 0. The maximum absolute atomic E-state index is 12.5. The second-order valence-electron chi connectivity index (χ2n) is 6.10. The summed E-state index contributed by atoms with van der Waals surface area (Å²) >= 11 is 1.63. The summed E-state index contributed by atoms with van der Waals surface area (Å²) in [5.74, 6) is 1.61. The summed E-state index contributed by atoms with van der Waals surface area (Å²) in [6.07, 6.45) is 2.63. The predicted molar refractivity (Wildman–Crippen MR) is 104 cm³/mol. The van der Waals surface area contributed by atoms with Gasteiger partial charge in [-0.05, 0) is 46.7 Å². The van der Waals surface area contributed by atoms with Gasteiger partial charge in [0.05, 0.1) is 16.7 Å². The number of aryl methyl sites for hydroxylation is 2. The molecule has 4 rings (SSSR count). The number of rotatable bonds is 5. The van der Waals surface area contributed by atoms with E-state index in [2.05, 4.69) is 16.5 Å². The van der Waals surface area contributed by atoms with E-state index in [1.54, 1.807) is 22.1 Å². The first-order valence-electron chi connectivity index (χ1n) is 8.48. The van der Waals surface area contributed by atoms with Crippen LogP contribution in [-0.2, 0) is 20.1 Å². The Hall–Kier alpha value is -2.86. The number of thiophene rings is 1. The molecule has 0 spiro atoms. The van der Waals surface area contributed by atoms with Gasteiger partial charge in [-0.1, -0.05) is 6.92 Å². The Labute approximate surface area is 155 Å². The van der Waals surface area contributed by atoms with Crippen molar-refractivity contribution in [3.8, 4) is 11.4 Å². The van der Waals surface area contributed by atoms with Gasteiger partial charge >= 0.3 is 0 Å². The van der Waals surface area contributed by atoms with Crippen molar-refractivity contribution in [1.29, 1.82) is 0 Å². The molecule has 0 bridgehead atoms. The second-order valence-corrected chi connectivity index (χ2v) is 6.88. The van der Waals surface area contributed by atoms with Gasteiger partial charge in [0.1, 0.15) is 18.2 Å². The van der Waals surface area contributed by atoms with Gasteiger partial charge in [0.25, 0.3) is 5.56 Å². The first-order chi connectivity index (χ1) is 12.7. The van der Waals surface area contributed by atoms with Crippen molar-refractivity contribution < 1.29 is 4.74 Å². The summed E-state index contributed by atoms with van der Waals surface area (Å²) in [5, 5.41) is 4.05. The lowest BCUT2D eigenvalue weighted by atomic mass is 10.2. The molecule has 3 heterocycles. The molecule has 0 fully saturated rings.